The molecule has 0 radical (unpaired) electrons. The van der Waals surface area contributed by atoms with E-state index < -0.39 is 17.9 Å². The summed E-state index contributed by atoms with van der Waals surface area (Å²) in [5.74, 6) is -2.62. The van der Waals surface area contributed by atoms with Crippen LogP contribution in [0.1, 0.15) is 19.8 Å². The Hall–Kier alpha value is -1.39. The van der Waals surface area contributed by atoms with Gasteiger partial charge in [-0.15, -0.1) is 0 Å². The van der Waals surface area contributed by atoms with Crippen LogP contribution in [0.5, 0.6) is 0 Å². The highest BCUT2D eigenvalue weighted by atomic mass is 16.6. The summed E-state index contributed by atoms with van der Waals surface area (Å²) in [5.41, 5.74) is 0. The van der Waals surface area contributed by atoms with Gasteiger partial charge in [0.05, 0.1) is 12.8 Å². The van der Waals surface area contributed by atoms with Gasteiger partial charge in [-0.25, -0.2) is 0 Å². The molecular weight excluding hydrogens is 152 g/mol. The first kappa shape index (κ1) is 9.61. The van der Waals surface area contributed by atoms with E-state index in [4.69, 9.17) is 5.11 Å². The smallest absolute Gasteiger partial charge is 0.314 e. The van der Waals surface area contributed by atoms with Crippen molar-refractivity contribution in [1.29, 1.82) is 0 Å². The number of ether oxygens (including phenoxy) is 1. The summed E-state index contributed by atoms with van der Waals surface area (Å²) in [4.78, 5) is 30.5. The van der Waals surface area contributed by atoms with Gasteiger partial charge in [-0.05, 0) is 0 Å². The van der Waals surface area contributed by atoms with Crippen LogP contribution in [-0.4, -0.2) is 23.0 Å². The maximum Gasteiger partial charge on any atom is 0.314 e. The first-order chi connectivity index (χ1) is 5.02. The zero-order valence-corrected chi connectivity index (χ0v) is 5.99. The average molecular weight is 160 g/mol. The molecule has 0 aromatic heterocycles. The molecule has 0 aromatic carbocycles. The Morgan fingerprint density at radius 3 is 2.18 bits per heavy atom. The Bertz CT molecular complexity index is 183. The molecular formula is C6H8O5. The third-order valence-corrected chi connectivity index (χ3v) is 0.801. The Balaban J connectivity index is 3.53. The van der Waals surface area contributed by atoms with E-state index in [0.717, 1.165) is 6.92 Å². The molecule has 1 N–H and O–H groups in total. The minimum atomic E-state index is -1.09. The lowest BCUT2D eigenvalue weighted by molar-refractivity contribution is -0.159. The predicted octanol–water partition coefficient (Wildman–Crippen LogP) is -0.0591. The van der Waals surface area contributed by atoms with Crippen LogP contribution < -0.4 is 0 Å². The van der Waals surface area contributed by atoms with Crippen molar-refractivity contribution in [3.63, 3.8) is 0 Å². The van der Waals surface area contributed by atoms with Gasteiger partial charge in [0.25, 0.3) is 0 Å². The standard InChI is InChI=1S/C6H8O5/c1-4(7)11-6(10)3-2-5(8)9/h2-3H2,1H3,(H,8,9). The number of hydrogen-bond donors (Lipinski definition) is 1. The summed E-state index contributed by atoms with van der Waals surface area (Å²) in [6.07, 6.45) is -0.582. The van der Waals surface area contributed by atoms with Crippen LogP contribution in [0.15, 0.2) is 0 Å². The van der Waals surface area contributed by atoms with Gasteiger partial charge in [0, 0.05) is 6.92 Å². The summed E-state index contributed by atoms with van der Waals surface area (Å²) in [6, 6.07) is 0. The second-order valence-electron chi connectivity index (χ2n) is 1.86. The normalized spacial score (nSPS) is 8.82. The molecule has 11 heavy (non-hydrogen) atoms. The first-order valence-electron chi connectivity index (χ1n) is 2.95. The lowest BCUT2D eigenvalue weighted by atomic mass is 10.3. The van der Waals surface area contributed by atoms with Gasteiger partial charge in [-0.1, -0.05) is 0 Å². The van der Waals surface area contributed by atoms with Crippen LogP contribution in [-0.2, 0) is 19.1 Å². The van der Waals surface area contributed by atoms with Gasteiger partial charge in [-0.2, -0.15) is 0 Å². The summed E-state index contributed by atoms with van der Waals surface area (Å²) in [7, 11) is 0. The largest absolute Gasteiger partial charge is 0.481 e. The topological polar surface area (TPSA) is 80.7 Å². The highest BCUT2D eigenvalue weighted by Gasteiger charge is 2.07. The van der Waals surface area contributed by atoms with Crippen molar-refractivity contribution in [1.82, 2.24) is 0 Å². The fraction of sp³-hybridized carbons (Fsp3) is 0.500. The van der Waals surface area contributed by atoms with Crippen molar-refractivity contribution < 1.29 is 24.2 Å². The van der Waals surface area contributed by atoms with Gasteiger partial charge >= 0.3 is 17.9 Å². The van der Waals surface area contributed by atoms with Crippen molar-refractivity contribution >= 4 is 17.9 Å². The maximum absolute atomic E-state index is 10.5. The zero-order valence-electron chi connectivity index (χ0n) is 5.99. The van der Waals surface area contributed by atoms with Gasteiger partial charge in [0.1, 0.15) is 0 Å². The molecule has 0 fully saturated rings. The molecule has 0 aliphatic rings. The molecule has 0 saturated carbocycles. The third kappa shape index (κ3) is 6.50. The molecule has 0 rings (SSSR count). The molecule has 0 spiro atoms. The van der Waals surface area contributed by atoms with Gasteiger partial charge in [0.2, 0.25) is 0 Å². The van der Waals surface area contributed by atoms with E-state index >= 15 is 0 Å². The van der Waals surface area contributed by atoms with Crippen molar-refractivity contribution in [2.45, 2.75) is 19.8 Å². The molecule has 0 heterocycles. The van der Waals surface area contributed by atoms with Crippen molar-refractivity contribution in [3.05, 3.63) is 0 Å². The Morgan fingerprint density at radius 1 is 1.27 bits per heavy atom. The van der Waals surface area contributed by atoms with Crippen LogP contribution >= 0.6 is 0 Å². The summed E-state index contributed by atoms with van der Waals surface area (Å²) >= 11 is 0. The summed E-state index contributed by atoms with van der Waals surface area (Å²) in [5, 5.41) is 8.10. The molecule has 0 aliphatic heterocycles. The van der Waals surface area contributed by atoms with Crippen molar-refractivity contribution in [3.8, 4) is 0 Å². The van der Waals surface area contributed by atoms with E-state index in [-0.39, 0.29) is 12.8 Å². The number of aliphatic carboxylic acids is 1. The van der Waals surface area contributed by atoms with Gasteiger partial charge in [0.15, 0.2) is 0 Å². The van der Waals surface area contributed by atoms with E-state index in [1.165, 1.54) is 0 Å². The number of carbonyl (C=O) groups excluding carboxylic acids is 2. The maximum atomic E-state index is 10.5. The molecule has 0 atom stereocenters. The second-order valence-corrected chi connectivity index (χ2v) is 1.86. The van der Waals surface area contributed by atoms with E-state index in [1.807, 2.05) is 0 Å². The molecule has 62 valence electrons. The number of hydrogen-bond acceptors (Lipinski definition) is 4. The van der Waals surface area contributed by atoms with E-state index in [2.05, 4.69) is 4.74 Å². The molecule has 5 heteroatoms. The quantitative estimate of drug-likeness (QED) is 0.462. The van der Waals surface area contributed by atoms with E-state index in [9.17, 15) is 14.4 Å². The van der Waals surface area contributed by atoms with Crippen molar-refractivity contribution in [2.75, 3.05) is 0 Å². The number of rotatable bonds is 3. The van der Waals surface area contributed by atoms with E-state index in [1.54, 1.807) is 0 Å². The fourth-order valence-corrected chi connectivity index (χ4v) is 0.420. The number of esters is 2. The van der Waals surface area contributed by atoms with E-state index in [0.29, 0.717) is 0 Å². The van der Waals surface area contributed by atoms with Gasteiger partial charge in [-0.3, -0.25) is 14.4 Å². The van der Waals surface area contributed by atoms with Gasteiger partial charge < -0.3 is 9.84 Å². The molecule has 0 amide bonds. The highest BCUT2D eigenvalue weighted by molar-refractivity contribution is 5.85. The summed E-state index contributed by atoms with van der Waals surface area (Å²) < 4.78 is 4.06. The molecule has 0 bridgehead atoms. The molecule has 0 unspecified atom stereocenters. The molecule has 0 aliphatic carbocycles. The summed E-state index contributed by atoms with van der Waals surface area (Å²) in [6.45, 7) is 1.08. The molecule has 0 aromatic rings. The highest BCUT2D eigenvalue weighted by Crippen LogP contribution is 1.92. The molecule has 0 saturated heterocycles. The monoisotopic (exact) mass is 160 g/mol. The van der Waals surface area contributed by atoms with Crippen LogP contribution in [0, 0.1) is 0 Å². The number of carbonyl (C=O) groups is 3. The lowest BCUT2D eigenvalue weighted by Gasteiger charge is -1.95. The zero-order chi connectivity index (χ0) is 8.85. The van der Waals surface area contributed by atoms with Crippen LogP contribution in [0.4, 0.5) is 0 Å². The second kappa shape index (κ2) is 4.43. The lowest BCUT2D eigenvalue weighted by Crippen LogP contribution is -2.10. The van der Waals surface area contributed by atoms with Crippen LogP contribution in [0.2, 0.25) is 0 Å². The van der Waals surface area contributed by atoms with Crippen LogP contribution in [0.3, 0.4) is 0 Å². The Kier molecular flexibility index (Phi) is 3.87. The van der Waals surface area contributed by atoms with Crippen LogP contribution in [0.25, 0.3) is 0 Å². The predicted molar refractivity (Wildman–Crippen MR) is 33.6 cm³/mol. The minimum Gasteiger partial charge on any atom is -0.481 e. The fourth-order valence-electron chi connectivity index (χ4n) is 0.420. The van der Waals surface area contributed by atoms with Crippen molar-refractivity contribution in [2.24, 2.45) is 0 Å². The Labute approximate surface area is 63.0 Å². The molecule has 5 nitrogen and oxygen atoms in total. The Morgan fingerprint density at radius 2 is 1.82 bits per heavy atom. The first-order valence-corrected chi connectivity index (χ1v) is 2.95. The third-order valence-electron chi connectivity index (χ3n) is 0.801. The SMILES string of the molecule is CC(=O)OC(=O)CCC(=O)O. The minimum absolute atomic E-state index is 0.269. The number of carboxylic acid groups (broad SMARTS) is 1. The number of carboxylic acids is 1. The average Bonchev–Trinajstić information content (AvgIpc) is 1.82.